The van der Waals surface area contributed by atoms with Crippen LogP contribution >= 0.6 is 11.3 Å². The van der Waals surface area contributed by atoms with Crippen molar-refractivity contribution in [1.29, 1.82) is 0 Å². The lowest BCUT2D eigenvalue weighted by molar-refractivity contribution is -0.111. The van der Waals surface area contributed by atoms with Crippen molar-refractivity contribution in [1.82, 2.24) is 0 Å². The average molecular weight is 450 g/mol. The minimum absolute atomic E-state index is 0.104. The molecule has 6 nitrogen and oxygen atoms in total. The number of thiophene rings is 1. The smallest absolute Gasteiger partial charge is 0.349 e. The Morgan fingerprint density at radius 3 is 2.25 bits per heavy atom. The van der Waals surface area contributed by atoms with Crippen molar-refractivity contribution in [3.05, 3.63) is 93.9 Å². The summed E-state index contributed by atoms with van der Waals surface area (Å²) in [7, 11) is 0. The number of amides is 1. The topological polar surface area (TPSA) is 81.7 Å². The number of rotatable bonds is 8. The first-order valence-corrected chi connectivity index (χ1v) is 10.9. The largest absolute Gasteiger partial charge is 0.462 e. The number of ether oxygens (including phenoxy) is 2. The summed E-state index contributed by atoms with van der Waals surface area (Å²) >= 11 is 0.992. The third-order valence-electron chi connectivity index (χ3n) is 4.49. The van der Waals surface area contributed by atoms with Gasteiger partial charge in [0.2, 0.25) is 5.91 Å². The maximum atomic E-state index is 12.7. The van der Waals surface area contributed by atoms with Crippen LogP contribution in [0.3, 0.4) is 0 Å². The second kappa shape index (κ2) is 11.1. The SMILES string of the molecule is CCOC(=O)c1c(NC(=O)/C=C/c2ccccc2)sc(C(=O)OCc2ccccc2)c1C. The molecule has 1 N–H and O–H groups in total. The molecule has 0 aliphatic rings. The van der Waals surface area contributed by atoms with Crippen LogP contribution in [0.5, 0.6) is 0 Å². The lowest BCUT2D eigenvalue weighted by atomic mass is 10.1. The van der Waals surface area contributed by atoms with E-state index in [2.05, 4.69) is 5.32 Å². The van der Waals surface area contributed by atoms with E-state index in [4.69, 9.17) is 9.47 Å². The van der Waals surface area contributed by atoms with Crippen molar-refractivity contribution in [3.8, 4) is 0 Å². The predicted molar refractivity (Wildman–Crippen MR) is 125 cm³/mol. The summed E-state index contributed by atoms with van der Waals surface area (Å²) in [5.74, 6) is -1.60. The molecular formula is C25H23NO5S. The predicted octanol–water partition coefficient (Wildman–Crippen LogP) is 5.24. The number of anilines is 1. The normalized spacial score (nSPS) is 10.7. The van der Waals surface area contributed by atoms with Crippen LogP contribution in [0.15, 0.2) is 66.7 Å². The zero-order valence-electron chi connectivity index (χ0n) is 17.8. The van der Waals surface area contributed by atoms with E-state index >= 15 is 0 Å². The quantitative estimate of drug-likeness (QED) is 0.376. The van der Waals surface area contributed by atoms with E-state index in [1.54, 1.807) is 19.9 Å². The van der Waals surface area contributed by atoms with E-state index < -0.39 is 17.8 Å². The Morgan fingerprint density at radius 1 is 0.938 bits per heavy atom. The molecule has 0 fully saturated rings. The zero-order chi connectivity index (χ0) is 22.9. The van der Waals surface area contributed by atoms with Gasteiger partial charge in [-0.15, -0.1) is 11.3 Å². The molecule has 32 heavy (non-hydrogen) atoms. The lowest BCUT2D eigenvalue weighted by Gasteiger charge is -2.06. The van der Waals surface area contributed by atoms with Crippen molar-refractivity contribution in [2.45, 2.75) is 20.5 Å². The van der Waals surface area contributed by atoms with Gasteiger partial charge >= 0.3 is 11.9 Å². The van der Waals surface area contributed by atoms with E-state index in [9.17, 15) is 14.4 Å². The molecule has 1 heterocycles. The second-order valence-electron chi connectivity index (χ2n) is 6.78. The molecule has 0 aliphatic carbocycles. The molecule has 3 rings (SSSR count). The summed E-state index contributed by atoms with van der Waals surface area (Å²) in [5.41, 5.74) is 2.28. The monoisotopic (exact) mass is 449 g/mol. The van der Waals surface area contributed by atoms with Gasteiger partial charge in [0.05, 0.1) is 12.2 Å². The van der Waals surface area contributed by atoms with Crippen molar-refractivity contribution in [3.63, 3.8) is 0 Å². The van der Waals surface area contributed by atoms with Gasteiger partial charge in [0, 0.05) is 6.08 Å². The van der Waals surface area contributed by atoms with Crippen molar-refractivity contribution < 1.29 is 23.9 Å². The Kier molecular flexibility index (Phi) is 7.94. The summed E-state index contributed by atoms with van der Waals surface area (Å²) in [6, 6.07) is 18.6. The Labute approximate surface area is 190 Å². The van der Waals surface area contributed by atoms with Gasteiger partial charge in [0.25, 0.3) is 0 Å². The van der Waals surface area contributed by atoms with E-state index in [0.717, 1.165) is 22.5 Å². The van der Waals surface area contributed by atoms with Crippen molar-refractivity contribution in [2.75, 3.05) is 11.9 Å². The fourth-order valence-electron chi connectivity index (χ4n) is 2.92. The van der Waals surface area contributed by atoms with Gasteiger partial charge in [-0.1, -0.05) is 60.7 Å². The molecule has 1 amide bonds. The van der Waals surface area contributed by atoms with E-state index in [1.807, 2.05) is 60.7 Å². The highest BCUT2D eigenvalue weighted by Crippen LogP contribution is 2.34. The van der Waals surface area contributed by atoms with Gasteiger partial charge in [-0.05, 0) is 36.6 Å². The average Bonchev–Trinajstić information content (AvgIpc) is 3.13. The van der Waals surface area contributed by atoms with Gasteiger partial charge in [0.15, 0.2) is 0 Å². The minimum atomic E-state index is -0.606. The summed E-state index contributed by atoms with van der Waals surface area (Å²) in [6.07, 6.45) is 3.03. The molecule has 0 radical (unpaired) electrons. The van der Waals surface area contributed by atoms with Crippen LogP contribution in [-0.4, -0.2) is 24.5 Å². The molecule has 0 saturated carbocycles. The third kappa shape index (κ3) is 5.92. The van der Waals surface area contributed by atoms with E-state index in [1.165, 1.54) is 6.08 Å². The molecule has 0 bridgehead atoms. The van der Waals surface area contributed by atoms with Crippen LogP contribution in [0.1, 0.15) is 43.6 Å². The molecule has 0 atom stereocenters. The molecule has 2 aromatic carbocycles. The van der Waals surface area contributed by atoms with Crippen LogP contribution in [0.25, 0.3) is 6.08 Å². The van der Waals surface area contributed by atoms with Crippen molar-refractivity contribution in [2.24, 2.45) is 0 Å². The number of esters is 2. The number of carbonyl (C=O) groups excluding carboxylic acids is 3. The highest BCUT2D eigenvalue weighted by molar-refractivity contribution is 7.18. The van der Waals surface area contributed by atoms with Gasteiger partial charge in [0.1, 0.15) is 16.5 Å². The Balaban J connectivity index is 1.80. The van der Waals surface area contributed by atoms with Crippen LogP contribution in [0.4, 0.5) is 5.00 Å². The fourth-order valence-corrected chi connectivity index (χ4v) is 4.02. The number of benzene rings is 2. The van der Waals surface area contributed by atoms with Gasteiger partial charge < -0.3 is 14.8 Å². The van der Waals surface area contributed by atoms with Crippen LogP contribution in [0, 0.1) is 6.92 Å². The number of hydrogen-bond donors (Lipinski definition) is 1. The number of hydrogen-bond acceptors (Lipinski definition) is 6. The first-order chi connectivity index (χ1) is 15.5. The molecule has 3 aromatic rings. The molecular weight excluding hydrogens is 426 g/mol. The molecule has 0 spiro atoms. The number of carbonyl (C=O) groups is 3. The molecule has 0 aliphatic heterocycles. The van der Waals surface area contributed by atoms with Crippen molar-refractivity contribution >= 4 is 40.3 Å². The third-order valence-corrected chi connectivity index (χ3v) is 5.68. The molecule has 0 unspecified atom stereocenters. The van der Waals surface area contributed by atoms with E-state index in [-0.39, 0.29) is 28.7 Å². The highest BCUT2D eigenvalue weighted by Gasteiger charge is 2.27. The first-order valence-electron chi connectivity index (χ1n) is 10.0. The first kappa shape index (κ1) is 23.0. The number of nitrogens with one attached hydrogen (secondary N) is 1. The standard InChI is InChI=1S/C25H23NO5S/c1-3-30-24(28)21-17(2)22(25(29)31-16-19-12-8-5-9-13-19)32-23(21)26-20(27)15-14-18-10-6-4-7-11-18/h4-15H,3,16H2,1-2H3,(H,26,27)/b15-14+. The van der Waals surface area contributed by atoms with Gasteiger partial charge in [-0.3, -0.25) is 4.79 Å². The van der Waals surface area contributed by atoms with Gasteiger partial charge in [-0.2, -0.15) is 0 Å². The maximum Gasteiger partial charge on any atom is 0.349 e. The molecule has 1 aromatic heterocycles. The van der Waals surface area contributed by atoms with Gasteiger partial charge in [-0.25, -0.2) is 9.59 Å². The van der Waals surface area contributed by atoms with E-state index in [0.29, 0.717) is 5.56 Å². The molecule has 0 saturated heterocycles. The summed E-state index contributed by atoms with van der Waals surface area (Å²) in [6.45, 7) is 3.60. The second-order valence-corrected chi connectivity index (χ2v) is 7.80. The highest BCUT2D eigenvalue weighted by atomic mass is 32.1. The Bertz CT molecular complexity index is 1120. The maximum absolute atomic E-state index is 12.7. The summed E-state index contributed by atoms with van der Waals surface area (Å²) in [5, 5.41) is 2.94. The van der Waals surface area contributed by atoms with Crippen LogP contribution < -0.4 is 5.32 Å². The summed E-state index contributed by atoms with van der Waals surface area (Å²) < 4.78 is 10.5. The summed E-state index contributed by atoms with van der Waals surface area (Å²) in [4.78, 5) is 37.9. The zero-order valence-corrected chi connectivity index (χ0v) is 18.6. The molecule has 164 valence electrons. The Morgan fingerprint density at radius 2 is 1.59 bits per heavy atom. The van der Waals surface area contributed by atoms with Crippen LogP contribution in [-0.2, 0) is 20.9 Å². The minimum Gasteiger partial charge on any atom is -0.462 e. The van der Waals surface area contributed by atoms with Crippen LogP contribution in [0.2, 0.25) is 0 Å². The molecule has 7 heteroatoms. The fraction of sp³-hybridized carbons (Fsp3) is 0.160. The Hall–Kier alpha value is -3.71. The lowest BCUT2D eigenvalue weighted by Crippen LogP contribution is -2.13.